The lowest BCUT2D eigenvalue weighted by Crippen LogP contribution is -2.36. The quantitative estimate of drug-likeness (QED) is 0.420. The second-order valence-corrected chi connectivity index (χ2v) is 7.67. The minimum absolute atomic E-state index is 0.119. The molecule has 2 aliphatic heterocycles. The summed E-state index contributed by atoms with van der Waals surface area (Å²) in [4.78, 5) is 27.4. The molecule has 2 unspecified atom stereocenters. The number of halogens is 1. The third kappa shape index (κ3) is 3.82. The molecule has 0 saturated carbocycles. The predicted molar refractivity (Wildman–Crippen MR) is 114 cm³/mol. The van der Waals surface area contributed by atoms with Gasteiger partial charge in [0.15, 0.2) is 0 Å². The molecule has 8 heteroatoms. The molecule has 1 amide bonds. The number of carbonyl (C=O) groups excluding carboxylic acids is 2. The van der Waals surface area contributed by atoms with Gasteiger partial charge in [0.25, 0.3) is 11.7 Å². The van der Waals surface area contributed by atoms with Crippen LogP contribution in [0.25, 0.3) is 5.76 Å². The van der Waals surface area contributed by atoms with E-state index in [1.165, 1.54) is 43.4 Å². The number of rotatable bonds is 6. The van der Waals surface area contributed by atoms with Crippen molar-refractivity contribution in [2.45, 2.75) is 25.0 Å². The number of methoxy groups -OCH3 is 2. The van der Waals surface area contributed by atoms with E-state index in [4.69, 9.17) is 14.2 Å². The van der Waals surface area contributed by atoms with Gasteiger partial charge in [-0.1, -0.05) is 18.2 Å². The molecular formula is C24H24FNO6. The second-order valence-electron chi connectivity index (χ2n) is 7.67. The van der Waals surface area contributed by atoms with Crippen molar-refractivity contribution < 1.29 is 33.3 Å². The van der Waals surface area contributed by atoms with Gasteiger partial charge in [-0.05, 0) is 37.1 Å². The summed E-state index contributed by atoms with van der Waals surface area (Å²) in [7, 11) is 2.88. The van der Waals surface area contributed by atoms with Crippen LogP contribution in [0.2, 0.25) is 0 Å². The number of hydrogen-bond acceptors (Lipinski definition) is 6. The van der Waals surface area contributed by atoms with Crippen molar-refractivity contribution >= 4 is 17.4 Å². The number of carbonyl (C=O) groups is 2. The van der Waals surface area contributed by atoms with Crippen LogP contribution in [-0.4, -0.2) is 55.2 Å². The summed E-state index contributed by atoms with van der Waals surface area (Å²) in [6, 6.07) is 9.52. The largest absolute Gasteiger partial charge is 0.507 e. The van der Waals surface area contributed by atoms with Crippen LogP contribution in [0, 0.1) is 5.82 Å². The molecule has 32 heavy (non-hydrogen) atoms. The Bertz CT molecular complexity index is 1080. The molecule has 0 aromatic heterocycles. The van der Waals surface area contributed by atoms with Crippen LogP contribution in [0.4, 0.5) is 4.39 Å². The van der Waals surface area contributed by atoms with Gasteiger partial charge in [-0.2, -0.15) is 0 Å². The molecule has 2 aromatic rings. The van der Waals surface area contributed by atoms with E-state index in [1.54, 1.807) is 18.2 Å². The fraction of sp³-hybridized carbons (Fsp3) is 0.333. The van der Waals surface area contributed by atoms with E-state index in [2.05, 4.69) is 0 Å². The number of ketones is 1. The van der Waals surface area contributed by atoms with Crippen molar-refractivity contribution in [3.05, 3.63) is 65.0 Å². The number of aliphatic hydroxyl groups is 1. The first-order chi connectivity index (χ1) is 15.5. The second kappa shape index (κ2) is 9.00. The van der Waals surface area contributed by atoms with Crippen LogP contribution in [0.15, 0.2) is 48.0 Å². The average molecular weight is 441 g/mol. The van der Waals surface area contributed by atoms with Crippen molar-refractivity contribution in [1.82, 2.24) is 4.90 Å². The first-order valence-electron chi connectivity index (χ1n) is 10.3. The molecule has 2 heterocycles. The summed E-state index contributed by atoms with van der Waals surface area (Å²) in [5, 5.41) is 11.2. The molecule has 0 aliphatic carbocycles. The summed E-state index contributed by atoms with van der Waals surface area (Å²) in [5.41, 5.74) is 0.0843. The van der Waals surface area contributed by atoms with Crippen molar-refractivity contribution in [3.8, 4) is 11.5 Å². The van der Waals surface area contributed by atoms with Crippen LogP contribution in [-0.2, 0) is 14.3 Å². The van der Waals surface area contributed by atoms with Gasteiger partial charge in [-0.15, -0.1) is 0 Å². The summed E-state index contributed by atoms with van der Waals surface area (Å²) < 4.78 is 31.1. The molecule has 2 fully saturated rings. The van der Waals surface area contributed by atoms with Crippen molar-refractivity contribution in [3.63, 3.8) is 0 Å². The Hall–Kier alpha value is -3.39. The number of ether oxygens (including phenoxy) is 3. The first kappa shape index (κ1) is 21.8. The Morgan fingerprint density at radius 3 is 2.62 bits per heavy atom. The monoisotopic (exact) mass is 441 g/mol. The minimum Gasteiger partial charge on any atom is -0.507 e. The molecule has 0 bridgehead atoms. The van der Waals surface area contributed by atoms with Gasteiger partial charge in [0.2, 0.25) is 0 Å². The molecule has 4 rings (SSSR count). The topological polar surface area (TPSA) is 85.3 Å². The van der Waals surface area contributed by atoms with Gasteiger partial charge >= 0.3 is 0 Å². The number of benzene rings is 2. The molecule has 168 valence electrons. The molecule has 7 nitrogen and oxygen atoms in total. The Morgan fingerprint density at radius 1 is 1.19 bits per heavy atom. The van der Waals surface area contributed by atoms with Crippen molar-refractivity contribution in [2.75, 3.05) is 27.4 Å². The van der Waals surface area contributed by atoms with Crippen LogP contribution >= 0.6 is 0 Å². The molecular weight excluding hydrogens is 417 g/mol. The van der Waals surface area contributed by atoms with Gasteiger partial charge in [-0.25, -0.2) is 4.39 Å². The standard InChI is InChI=1S/C24H24FNO6/c1-30-14-9-10-19(31-2)17(12-14)22(27)20-21(16-7-3-4-8-18(16)25)26(24(29)23(20)28)13-15-6-5-11-32-15/h3-4,7-10,12,15,21,27H,5-6,11,13H2,1-2H3/b22-20+. The van der Waals surface area contributed by atoms with Crippen LogP contribution in [0.3, 0.4) is 0 Å². The molecule has 2 atom stereocenters. The molecule has 2 aliphatic rings. The Labute approximate surface area is 185 Å². The van der Waals surface area contributed by atoms with Gasteiger partial charge in [0.1, 0.15) is 23.1 Å². The lowest BCUT2D eigenvalue weighted by atomic mass is 9.94. The average Bonchev–Trinajstić information content (AvgIpc) is 3.41. The predicted octanol–water partition coefficient (Wildman–Crippen LogP) is 3.44. The minimum atomic E-state index is -1.10. The zero-order valence-electron chi connectivity index (χ0n) is 17.8. The summed E-state index contributed by atoms with van der Waals surface area (Å²) in [6.07, 6.45) is 1.32. The highest BCUT2D eigenvalue weighted by Gasteiger charge is 2.48. The van der Waals surface area contributed by atoms with Gasteiger partial charge in [0, 0.05) is 18.7 Å². The summed E-state index contributed by atoms with van der Waals surface area (Å²) >= 11 is 0. The number of amides is 1. The molecule has 1 N–H and O–H groups in total. The van der Waals surface area contributed by atoms with E-state index in [-0.39, 0.29) is 35.1 Å². The van der Waals surface area contributed by atoms with E-state index in [9.17, 15) is 19.1 Å². The molecule has 0 spiro atoms. The molecule has 0 radical (unpaired) electrons. The Morgan fingerprint density at radius 2 is 1.97 bits per heavy atom. The highest BCUT2D eigenvalue weighted by Crippen LogP contribution is 2.42. The number of nitrogens with zero attached hydrogens (tertiary/aromatic N) is 1. The van der Waals surface area contributed by atoms with Gasteiger partial charge in [0.05, 0.1) is 37.5 Å². The van der Waals surface area contributed by atoms with E-state index < -0.39 is 29.3 Å². The number of Topliss-reactive ketones (excluding diaryl/α,β-unsaturated/α-hetero) is 1. The zero-order chi connectivity index (χ0) is 22.8. The normalized spacial score (nSPS) is 22.4. The maximum absolute atomic E-state index is 14.9. The third-order valence-corrected chi connectivity index (χ3v) is 5.83. The maximum Gasteiger partial charge on any atom is 0.295 e. The fourth-order valence-electron chi connectivity index (χ4n) is 4.24. The zero-order valence-corrected chi connectivity index (χ0v) is 17.8. The van der Waals surface area contributed by atoms with E-state index in [0.717, 1.165) is 12.8 Å². The first-order valence-corrected chi connectivity index (χ1v) is 10.3. The highest BCUT2D eigenvalue weighted by molar-refractivity contribution is 6.46. The summed E-state index contributed by atoms with van der Waals surface area (Å²) in [6.45, 7) is 0.690. The van der Waals surface area contributed by atoms with Crippen molar-refractivity contribution in [1.29, 1.82) is 0 Å². The van der Waals surface area contributed by atoms with Crippen LogP contribution in [0.1, 0.15) is 30.0 Å². The molecule has 2 saturated heterocycles. The number of hydrogen-bond donors (Lipinski definition) is 1. The Balaban J connectivity index is 1.89. The highest BCUT2D eigenvalue weighted by atomic mass is 19.1. The fourth-order valence-corrected chi connectivity index (χ4v) is 4.24. The lowest BCUT2D eigenvalue weighted by Gasteiger charge is -2.27. The van der Waals surface area contributed by atoms with E-state index >= 15 is 0 Å². The molecule has 2 aromatic carbocycles. The van der Waals surface area contributed by atoms with E-state index in [1.807, 2.05) is 0 Å². The van der Waals surface area contributed by atoms with Gasteiger partial charge < -0.3 is 24.2 Å². The maximum atomic E-state index is 14.9. The Kier molecular flexibility index (Phi) is 6.14. The van der Waals surface area contributed by atoms with Crippen molar-refractivity contribution in [2.24, 2.45) is 0 Å². The van der Waals surface area contributed by atoms with E-state index in [0.29, 0.717) is 12.4 Å². The van der Waals surface area contributed by atoms with Crippen LogP contribution < -0.4 is 9.47 Å². The summed E-state index contributed by atoms with van der Waals surface area (Å²) in [5.74, 6) is -2.04. The SMILES string of the molecule is COc1ccc(OC)c(/C(O)=C2\C(=O)C(=O)N(CC3CCCO3)C2c2ccccc2F)c1. The third-order valence-electron chi connectivity index (χ3n) is 5.83. The van der Waals surface area contributed by atoms with Crippen LogP contribution in [0.5, 0.6) is 11.5 Å². The lowest BCUT2D eigenvalue weighted by molar-refractivity contribution is -0.140. The van der Waals surface area contributed by atoms with Gasteiger partial charge in [-0.3, -0.25) is 9.59 Å². The smallest absolute Gasteiger partial charge is 0.295 e. The number of likely N-dealkylation sites (tertiary alicyclic amines) is 1. The number of aliphatic hydroxyl groups excluding tert-OH is 1.